The summed E-state index contributed by atoms with van der Waals surface area (Å²) in [6.07, 6.45) is 1.83. The number of rotatable bonds is 4. The van der Waals surface area contributed by atoms with Gasteiger partial charge < -0.3 is 14.8 Å². The molecule has 2 aromatic carbocycles. The molecule has 1 aliphatic rings. The third-order valence-electron chi connectivity index (χ3n) is 6.01. The van der Waals surface area contributed by atoms with Crippen molar-refractivity contribution in [3.05, 3.63) is 113 Å². The van der Waals surface area contributed by atoms with Crippen LogP contribution in [-0.2, 0) is 0 Å². The zero-order valence-electron chi connectivity index (χ0n) is 17.9. The van der Waals surface area contributed by atoms with Crippen molar-refractivity contribution in [3.63, 3.8) is 0 Å². The first kappa shape index (κ1) is 20.7. The Balaban J connectivity index is 1.68. The summed E-state index contributed by atoms with van der Waals surface area (Å²) < 4.78 is 2.30. The smallest absolute Gasteiger partial charge is 0.174 e. The molecule has 2 unspecified atom stereocenters. The molecule has 4 nitrogen and oxygen atoms in total. The third-order valence-corrected chi connectivity index (χ3v) is 6.57. The van der Waals surface area contributed by atoms with E-state index in [2.05, 4.69) is 70.0 Å². The minimum Gasteiger partial charge on any atom is -0.351 e. The largest absolute Gasteiger partial charge is 0.351 e. The molecule has 1 saturated heterocycles. The molecule has 0 amide bonds. The Morgan fingerprint density at radius 2 is 1.62 bits per heavy atom. The maximum absolute atomic E-state index is 6.17. The fourth-order valence-corrected chi connectivity index (χ4v) is 5.08. The topological polar surface area (TPSA) is 33.1 Å². The van der Waals surface area contributed by atoms with Crippen LogP contribution < -0.4 is 10.2 Å². The Morgan fingerprint density at radius 1 is 0.906 bits per heavy atom. The first-order valence-corrected chi connectivity index (χ1v) is 11.3. The van der Waals surface area contributed by atoms with Gasteiger partial charge in [-0.2, -0.15) is 0 Å². The van der Waals surface area contributed by atoms with E-state index in [4.69, 9.17) is 23.8 Å². The van der Waals surface area contributed by atoms with Gasteiger partial charge in [0.05, 0.1) is 17.8 Å². The average molecular weight is 459 g/mol. The standard InChI is InChI=1S/C26H23ClN4S/c1-17-16-22(18(2)30(17)20-8-4-3-5-9-20)25-24(23-10-6-7-15-28-23)29-26(32)31(25)21-13-11-19(27)12-14-21/h3-16,24-25H,1-2H3,(H,29,32). The highest BCUT2D eigenvalue weighted by Gasteiger charge is 2.42. The van der Waals surface area contributed by atoms with Crippen molar-refractivity contribution < 1.29 is 0 Å². The average Bonchev–Trinajstić information content (AvgIpc) is 3.31. The summed E-state index contributed by atoms with van der Waals surface area (Å²) in [5, 5.41) is 4.91. The Kier molecular flexibility index (Phi) is 5.45. The minimum atomic E-state index is -0.0795. The first-order valence-electron chi connectivity index (χ1n) is 10.5. The molecule has 6 heteroatoms. The van der Waals surface area contributed by atoms with Crippen molar-refractivity contribution in [2.24, 2.45) is 0 Å². The Labute approximate surface area is 198 Å². The van der Waals surface area contributed by atoms with E-state index in [0.29, 0.717) is 10.1 Å². The van der Waals surface area contributed by atoms with Gasteiger partial charge in [-0.15, -0.1) is 0 Å². The molecule has 160 valence electrons. The number of para-hydroxylation sites is 1. The van der Waals surface area contributed by atoms with Gasteiger partial charge in [0.25, 0.3) is 0 Å². The molecule has 1 N–H and O–H groups in total. The molecular formula is C26H23ClN4S. The maximum atomic E-state index is 6.17. The van der Waals surface area contributed by atoms with Crippen LogP contribution in [0.2, 0.25) is 5.02 Å². The van der Waals surface area contributed by atoms with Gasteiger partial charge in [0.15, 0.2) is 5.11 Å². The Morgan fingerprint density at radius 3 is 2.31 bits per heavy atom. The summed E-state index contributed by atoms with van der Waals surface area (Å²) in [6, 6.07) is 26.4. The molecule has 1 fully saturated rings. The lowest BCUT2D eigenvalue weighted by atomic mass is 9.96. The SMILES string of the molecule is Cc1cc(C2C(c3ccccn3)NC(=S)N2c2ccc(Cl)cc2)c(C)n1-c1ccccc1. The fourth-order valence-electron chi connectivity index (χ4n) is 4.61. The summed E-state index contributed by atoms with van der Waals surface area (Å²) >= 11 is 12.0. The van der Waals surface area contributed by atoms with Crippen LogP contribution in [0.4, 0.5) is 5.69 Å². The lowest BCUT2D eigenvalue weighted by Gasteiger charge is -2.28. The van der Waals surface area contributed by atoms with Crippen LogP contribution in [0.1, 0.15) is 34.7 Å². The summed E-state index contributed by atoms with van der Waals surface area (Å²) in [5.74, 6) is 0. The van der Waals surface area contributed by atoms with Crippen molar-refractivity contribution in [1.82, 2.24) is 14.9 Å². The number of nitrogens with one attached hydrogen (secondary N) is 1. The zero-order chi connectivity index (χ0) is 22.2. The lowest BCUT2D eigenvalue weighted by Crippen LogP contribution is -2.29. The van der Waals surface area contributed by atoms with E-state index in [-0.39, 0.29) is 12.1 Å². The molecule has 2 aromatic heterocycles. The van der Waals surface area contributed by atoms with E-state index in [9.17, 15) is 0 Å². The summed E-state index contributed by atoms with van der Waals surface area (Å²) in [4.78, 5) is 6.84. The van der Waals surface area contributed by atoms with Gasteiger partial charge in [-0.1, -0.05) is 35.9 Å². The van der Waals surface area contributed by atoms with Crippen LogP contribution in [0.3, 0.4) is 0 Å². The van der Waals surface area contributed by atoms with E-state index in [1.807, 2.05) is 48.7 Å². The molecule has 0 radical (unpaired) electrons. The third kappa shape index (κ3) is 3.57. The van der Waals surface area contributed by atoms with Crippen molar-refractivity contribution in [2.45, 2.75) is 25.9 Å². The molecule has 0 spiro atoms. The molecule has 5 rings (SSSR count). The van der Waals surface area contributed by atoms with Gasteiger partial charge in [0.2, 0.25) is 0 Å². The number of anilines is 1. The number of halogens is 1. The second-order valence-electron chi connectivity index (χ2n) is 7.97. The number of aryl methyl sites for hydroxylation is 1. The van der Waals surface area contributed by atoms with E-state index in [0.717, 1.165) is 17.1 Å². The van der Waals surface area contributed by atoms with E-state index < -0.39 is 0 Å². The van der Waals surface area contributed by atoms with E-state index in [1.165, 1.54) is 17.0 Å². The minimum absolute atomic E-state index is 0.0535. The Hall–Kier alpha value is -3.15. The van der Waals surface area contributed by atoms with Crippen molar-refractivity contribution >= 4 is 34.6 Å². The highest BCUT2D eigenvalue weighted by atomic mass is 35.5. The molecule has 0 bridgehead atoms. The van der Waals surface area contributed by atoms with Crippen LogP contribution in [0.15, 0.2) is 85.1 Å². The van der Waals surface area contributed by atoms with Gasteiger partial charge in [-0.05, 0) is 86.2 Å². The number of hydrogen-bond acceptors (Lipinski definition) is 2. The van der Waals surface area contributed by atoms with Crippen LogP contribution in [-0.4, -0.2) is 14.7 Å². The molecule has 0 saturated carbocycles. The van der Waals surface area contributed by atoms with Crippen LogP contribution >= 0.6 is 23.8 Å². The summed E-state index contributed by atoms with van der Waals surface area (Å²) in [7, 11) is 0. The van der Waals surface area contributed by atoms with Crippen LogP contribution in [0.5, 0.6) is 0 Å². The van der Waals surface area contributed by atoms with Crippen molar-refractivity contribution in [2.75, 3.05) is 4.90 Å². The highest BCUT2D eigenvalue weighted by molar-refractivity contribution is 7.80. The molecule has 0 aliphatic carbocycles. The Bertz CT molecular complexity index is 1250. The second kappa shape index (κ2) is 8.41. The number of aromatic nitrogens is 2. The summed E-state index contributed by atoms with van der Waals surface area (Å²) in [5.41, 5.74) is 6.68. The number of hydrogen-bond donors (Lipinski definition) is 1. The monoisotopic (exact) mass is 458 g/mol. The quantitative estimate of drug-likeness (QED) is 0.363. The molecule has 3 heterocycles. The van der Waals surface area contributed by atoms with Gasteiger partial charge in [-0.25, -0.2) is 0 Å². The van der Waals surface area contributed by atoms with Gasteiger partial charge in [0.1, 0.15) is 0 Å². The number of nitrogens with zero attached hydrogens (tertiary/aromatic N) is 3. The fraction of sp³-hybridized carbons (Fsp3) is 0.154. The molecule has 32 heavy (non-hydrogen) atoms. The van der Waals surface area contributed by atoms with Gasteiger partial charge in [0, 0.05) is 34.0 Å². The zero-order valence-corrected chi connectivity index (χ0v) is 19.4. The predicted molar refractivity (Wildman–Crippen MR) is 135 cm³/mol. The maximum Gasteiger partial charge on any atom is 0.174 e. The number of thiocarbonyl (C=S) groups is 1. The van der Waals surface area contributed by atoms with Crippen molar-refractivity contribution in [1.29, 1.82) is 0 Å². The van der Waals surface area contributed by atoms with Crippen LogP contribution in [0, 0.1) is 13.8 Å². The van der Waals surface area contributed by atoms with Crippen molar-refractivity contribution in [3.8, 4) is 5.69 Å². The number of pyridine rings is 1. The second-order valence-corrected chi connectivity index (χ2v) is 8.79. The number of benzene rings is 2. The first-order chi connectivity index (χ1) is 15.5. The van der Waals surface area contributed by atoms with Crippen LogP contribution in [0.25, 0.3) is 5.69 Å². The summed E-state index contributed by atoms with van der Waals surface area (Å²) in [6.45, 7) is 4.32. The van der Waals surface area contributed by atoms with E-state index in [1.54, 1.807) is 0 Å². The van der Waals surface area contributed by atoms with E-state index >= 15 is 0 Å². The normalized spacial score (nSPS) is 18.1. The molecule has 1 aliphatic heterocycles. The predicted octanol–water partition coefficient (Wildman–Crippen LogP) is 6.32. The molecular weight excluding hydrogens is 436 g/mol. The molecule has 4 aromatic rings. The highest BCUT2D eigenvalue weighted by Crippen LogP contribution is 2.43. The van der Waals surface area contributed by atoms with Gasteiger partial charge >= 0.3 is 0 Å². The molecule has 2 atom stereocenters. The van der Waals surface area contributed by atoms with Gasteiger partial charge in [-0.3, -0.25) is 4.98 Å². The lowest BCUT2D eigenvalue weighted by molar-refractivity contribution is 0.565.